The minimum Gasteiger partial charge on any atom is -0.314 e. The fourth-order valence-corrected chi connectivity index (χ4v) is 2.51. The van der Waals surface area contributed by atoms with Gasteiger partial charge in [0.05, 0.1) is 0 Å². The van der Waals surface area contributed by atoms with Crippen molar-refractivity contribution in [3.8, 4) is 0 Å². The van der Waals surface area contributed by atoms with Crippen molar-refractivity contribution in [2.45, 2.75) is 45.6 Å². The van der Waals surface area contributed by atoms with Crippen LogP contribution in [-0.2, 0) is 0 Å². The Bertz CT molecular complexity index is 187. The van der Waals surface area contributed by atoms with Gasteiger partial charge < -0.3 is 10.2 Å². The second-order valence-corrected chi connectivity index (χ2v) is 5.68. The van der Waals surface area contributed by atoms with Gasteiger partial charge in [0.1, 0.15) is 0 Å². The maximum absolute atomic E-state index is 3.59. The predicted octanol–water partition coefficient (Wildman–Crippen LogP) is 2.11. The van der Waals surface area contributed by atoms with Crippen LogP contribution in [0.4, 0.5) is 0 Å². The van der Waals surface area contributed by atoms with Crippen molar-refractivity contribution >= 4 is 0 Å². The van der Waals surface area contributed by atoms with Crippen molar-refractivity contribution in [2.24, 2.45) is 11.8 Å². The predicted molar refractivity (Wildman–Crippen MR) is 65.0 cm³/mol. The molecule has 0 aromatic rings. The molecular weight excluding hydrogens is 184 g/mol. The first-order chi connectivity index (χ1) is 7.25. The average Bonchev–Trinajstić information content (AvgIpc) is 2.90. The summed E-state index contributed by atoms with van der Waals surface area (Å²) in [5, 5.41) is 3.59. The lowest BCUT2D eigenvalue weighted by Gasteiger charge is -2.17. The molecule has 0 bridgehead atoms. The molecule has 1 heterocycles. The van der Waals surface area contributed by atoms with Gasteiger partial charge in [-0.1, -0.05) is 13.8 Å². The van der Waals surface area contributed by atoms with Gasteiger partial charge in [0.15, 0.2) is 0 Å². The molecule has 1 unspecified atom stereocenters. The van der Waals surface area contributed by atoms with Gasteiger partial charge in [-0.3, -0.25) is 0 Å². The van der Waals surface area contributed by atoms with E-state index in [4.69, 9.17) is 0 Å². The van der Waals surface area contributed by atoms with Crippen LogP contribution in [0.2, 0.25) is 0 Å². The standard InChI is InChI=1S/C13H26N2/c1-11(2)12-6-9-15(10-12)8-3-7-14-13-4-5-13/h11-14H,3-10H2,1-2H3. The minimum atomic E-state index is 0.875. The smallest absolute Gasteiger partial charge is 0.00682 e. The van der Waals surface area contributed by atoms with E-state index in [1.807, 2.05) is 0 Å². The lowest BCUT2D eigenvalue weighted by molar-refractivity contribution is 0.298. The number of rotatable bonds is 6. The Morgan fingerprint density at radius 2 is 2.07 bits per heavy atom. The van der Waals surface area contributed by atoms with Crippen LogP contribution in [0.15, 0.2) is 0 Å². The van der Waals surface area contributed by atoms with Gasteiger partial charge in [0.2, 0.25) is 0 Å². The molecule has 1 aliphatic carbocycles. The van der Waals surface area contributed by atoms with Crippen LogP contribution < -0.4 is 5.32 Å². The lowest BCUT2D eigenvalue weighted by atomic mass is 9.95. The van der Waals surface area contributed by atoms with E-state index >= 15 is 0 Å². The Morgan fingerprint density at radius 3 is 2.67 bits per heavy atom. The lowest BCUT2D eigenvalue weighted by Crippen LogP contribution is -2.27. The Kier molecular flexibility index (Phi) is 4.04. The summed E-state index contributed by atoms with van der Waals surface area (Å²) in [5.41, 5.74) is 0. The molecule has 1 atom stereocenters. The third-order valence-corrected chi connectivity index (χ3v) is 3.91. The average molecular weight is 210 g/mol. The van der Waals surface area contributed by atoms with Gasteiger partial charge in [-0.15, -0.1) is 0 Å². The number of hydrogen-bond donors (Lipinski definition) is 1. The summed E-state index contributed by atoms with van der Waals surface area (Å²) in [6.45, 7) is 9.95. The highest BCUT2D eigenvalue weighted by Crippen LogP contribution is 2.23. The van der Waals surface area contributed by atoms with Crippen molar-refractivity contribution in [3.63, 3.8) is 0 Å². The van der Waals surface area contributed by atoms with Crippen LogP contribution in [0, 0.1) is 11.8 Å². The molecule has 0 amide bonds. The van der Waals surface area contributed by atoms with E-state index in [0.29, 0.717) is 0 Å². The van der Waals surface area contributed by atoms with E-state index in [0.717, 1.165) is 17.9 Å². The van der Waals surface area contributed by atoms with Crippen LogP contribution >= 0.6 is 0 Å². The van der Waals surface area contributed by atoms with E-state index in [1.165, 1.54) is 51.9 Å². The monoisotopic (exact) mass is 210 g/mol. The molecule has 15 heavy (non-hydrogen) atoms. The zero-order valence-corrected chi connectivity index (χ0v) is 10.3. The van der Waals surface area contributed by atoms with Gasteiger partial charge in [0.25, 0.3) is 0 Å². The largest absolute Gasteiger partial charge is 0.314 e. The van der Waals surface area contributed by atoms with Crippen molar-refractivity contribution in [3.05, 3.63) is 0 Å². The van der Waals surface area contributed by atoms with Gasteiger partial charge in [0, 0.05) is 12.6 Å². The Hall–Kier alpha value is -0.0800. The summed E-state index contributed by atoms with van der Waals surface area (Å²) in [6.07, 6.45) is 5.59. The molecule has 1 N–H and O–H groups in total. The molecule has 2 fully saturated rings. The number of likely N-dealkylation sites (tertiary alicyclic amines) is 1. The first kappa shape index (κ1) is 11.4. The van der Waals surface area contributed by atoms with Gasteiger partial charge in [-0.2, -0.15) is 0 Å². The van der Waals surface area contributed by atoms with E-state index in [-0.39, 0.29) is 0 Å². The maximum Gasteiger partial charge on any atom is 0.00682 e. The maximum atomic E-state index is 3.59. The molecule has 1 saturated heterocycles. The summed E-state index contributed by atoms with van der Waals surface area (Å²) in [5.74, 6) is 1.83. The second-order valence-electron chi connectivity index (χ2n) is 5.68. The molecule has 1 saturated carbocycles. The van der Waals surface area contributed by atoms with Crippen molar-refractivity contribution in [1.29, 1.82) is 0 Å². The number of nitrogens with one attached hydrogen (secondary N) is 1. The van der Waals surface area contributed by atoms with Gasteiger partial charge in [-0.05, 0) is 57.2 Å². The fourth-order valence-electron chi connectivity index (χ4n) is 2.51. The third-order valence-electron chi connectivity index (χ3n) is 3.91. The summed E-state index contributed by atoms with van der Waals surface area (Å²) in [4.78, 5) is 2.65. The highest BCUT2D eigenvalue weighted by molar-refractivity contribution is 4.81. The van der Waals surface area contributed by atoms with E-state index in [1.54, 1.807) is 0 Å². The number of nitrogens with zero attached hydrogens (tertiary/aromatic N) is 1. The SMILES string of the molecule is CC(C)C1CCN(CCCNC2CC2)C1. The second kappa shape index (κ2) is 5.31. The molecule has 2 heteroatoms. The molecule has 0 aromatic carbocycles. The van der Waals surface area contributed by atoms with Gasteiger partial charge >= 0.3 is 0 Å². The first-order valence-electron chi connectivity index (χ1n) is 6.71. The van der Waals surface area contributed by atoms with Crippen molar-refractivity contribution in [1.82, 2.24) is 10.2 Å². The zero-order valence-electron chi connectivity index (χ0n) is 10.3. The topological polar surface area (TPSA) is 15.3 Å². The van der Waals surface area contributed by atoms with Crippen LogP contribution in [0.3, 0.4) is 0 Å². The van der Waals surface area contributed by atoms with Crippen LogP contribution in [0.5, 0.6) is 0 Å². The van der Waals surface area contributed by atoms with E-state index < -0.39 is 0 Å². The first-order valence-corrected chi connectivity index (χ1v) is 6.71. The Labute approximate surface area is 94.4 Å². The van der Waals surface area contributed by atoms with Crippen LogP contribution in [-0.4, -0.2) is 37.1 Å². The molecule has 0 radical (unpaired) electrons. The summed E-state index contributed by atoms with van der Waals surface area (Å²) in [6, 6.07) is 0.881. The van der Waals surface area contributed by atoms with E-state index in [9.17, 15) is 0 Å². The normalized spacial score (nSPS) is 27.8. The van der Waals surface area contributed by atoms with Crippen LogP contribution in [0.1, 0.15) is 39.5 Å². The molecule has 1 aliphatic heterocycles. The number of hydrogen-bond acceptors (Lipinski definition) is 2. The van der Waals surface area contributed by atoms with Crippen LogP contribution in [0.25, 0.3) is 0 Å². The van der Waals surface area contributed by atoms with Crippen molar-refractivity contribution in [2.75, 3.05) is 26.2 Å². The fraction of sp³-hybridized carbons (Fsp3) is 1.00. The van der Waals surface area contributed by atoms with Gasteiger partial charge in [-0.25, -0.2) is 0 Å². The molecular formula is C13H26N2. The molecule has 2 aliphatic rings. The third kappa shape index (κ3) is 3.76. The van der Waals surface area contributed by atoms with Crippen molar-refractivity contribution < 1.29 is 0 Å². The Morgan fingerprint density at radius 1 is 1.27 bits per heavy atom. The highest BCUT2D eigenvalue weighted by Gasteiger charge is 2.24. The zero-order chi connectivity index (χ0) is 10.7. The summed E-state index contributed by atoms with van der Waals surface area (Å²) in [7, 11) is 0. The molecule has 0 aromatic heterocycles. The summed E-state index contributed by atoms with van der Waals surface area (Å²) < 4.78 is 0. The van der Waals surface area contributed by atoms with E-state index in [2.05, 4.69) is 24.1 Å². The molecule has 2 rings (SSSR count). The highest BCUT2D eigenvalue weighted by atomic mass is 15.1. The molecule has 0 spiro atoms. The summed E-state index contributed by atoms with van der Waals surface area (Å²) >= 11 is 0. The quantitative estimate of drug-likeness (QED) is 0.676. The minimum absolute atomic E-state index is 0.875. The molecule has 88 valence electrons. The molecule has 2 nitrogen and oxygen atoms in total. The Balaban J connectivity index is 1.52.